The summed E-state index contributed by atoms with van der Waals surface area (Å²) in [6.07, 6.45) is 10.7. The number of likely N-dealkylation sites (tertiary alicyclic amines) is 1. The Bertz CT molecular complexity index is 1160. The number of rotatable bonds is 6. The molecule has 1 saturated heterocycles. The second-order valence-corrected chi connectivity index (χ2v) is 10.8. The Morgan fingerprint density at radius 1 is 1.03 bits per heavy atom. The Labute approximate surface area is 219 Å². The van der Waals surface area contributed by atoms with Crippen LogP contribution in [-0.4, -0.2) is 72.0 Å². The number of likely N-dealkylation sites (N-methyl/N-ethyl adjacent to an activating group) is 1. The molecule has 0 unspecified atom stereocenters. The van der Waals surface area contributed by atoms with Gasteiger partial charge in [0.1, 0.15) is 17.7 Å². The van der Waals surface area contributed by atoms with E-state index in [-0.39, 0.29) is 23.9 Å². The van der Waals surface area contributed by atoms with Gasteiger partial charge in [-0.3, -0.25) is 9.59 Å². The molecule has 0 radical (unpaired) electrons. The molecule has 2 amide bonds. The number of piperidine rings is 1. The molecule has 9 nitrogen and oxygen atoms in total. The second kappa shape index (κ2) is 10.7. The van der Waals surface area contributed by atoms with Gasteiger partial charge in [0.05, 0.1) is 23.1 Å². The van der Waals surface area contributed by atoms with Crippen LogP contribution < -0.4 is 20.4 Å². The van der Waals surface area contributed by atoms with Crippen molar-refractivity contribution in [3.05, 3.63) is 35.7 Å². The van der Waals surface area contributed by atoms with E-state index in [1.165, 1.54) is 12.8 Å². The quantitative estimate of drug-likeness (QED) is 0.616. The number of aromatic nitrogens is 2. The van der Waals surface area contributed by atoms with Crippen molar-refractivity contribution >= 4 is 34.8 Å². The van der Waals surface area contributed by atoms with Gasteiger partial charge in [0.25, 0.3) is 5.91 Å². The number of hydrogen-bond donors (Lipinski definition) is 2. The summed E-state index contributed by atoms with van der Waals surface area (Å²) in [6.45, 7) is 6.03. The summed E-state index contributed by atoms with van der Waals surface area (Å²) in [6, 6.07) is 4.35. The molecule has 37 heavy (non-hydrogen) atoms. The highest BCUT2D eigenvalue weighted by Gasteiger charge is 2.40. The molecule has 4 heterocycles. The molecule has 2 aromatic rings. The molecule has 5 rings (SSSR count). The minimum Gasteiger partial charge on any atom is -0.355 e. The van der Waals surface area contributed by atoms with Gasteiger partial charge in [-0.2, -0.15) is 0 Å². The van der Waals surface area contributed by atoms with Crippen LogP contribution in [0.3, 0.4) is 0 Å². The monoisotopic (exact) mass is 505 g/mol. The molecule has 2 aromatic heterocycles. The molecule has 198 valence electrons. The number of hydrogen-bond acceptors (Lipinski definition) is 7. The van der Waals surface area contributed by atoms with Gasteiger partial charge in [-0.15, -0.1) is 0 Å². The Kier molecular flexibility index (Phi) is 7.33. The Morgan fingerprint density at radius 3 is 2.43 bits per heavy atom. The number of aryl methyl sites for hydroxylation is 1. The van der Waals surface area contributed by atoms with E-state index in [2.05, 4.69) is 44.4 Å². The third-order valence-corrected chi connectivity index (χ3v) is 8.20. The third kappa shape index (κ3) is 5.14. The van der Waals surface area contributed by atoms with Crippen molar-refractivity contribution in [1.29, 1.82) is 0 Å². The van der Waals surface area contributed by atoms with Gasteiger partial charge in [-0.25, -0.2) is 9.97 Å². The number of anilines is 4. The highest BCUT2D eigenvalue weighted by Crippen LogP contribution is 2.41. The Balaban J connectivity index is 1.35. The van der Waals surface area contributed by atoms with E-state index in [4.69, 9.17) is 0 Å². The van der Waals surface area contributed by atoms with Gasteiger partial charge in [-0.05, 0) is 70.8 Å². The maximum absolute atomic E-state index is 13.1. The van der Waals surface area contributed by atoms with Crippen LogP contribution in [0.2, 0.25) is 0 Å². The maximum atomic E-state index is 13.1. The van der Waals surface area contributed by atoms with Crippen LogP contribution in [0.1, 0.15) is 67.8 Å². The van der Waals surface area contributed by atoms with Crippen LogP contribution in [0, 0.1) is 6.92 Å². The summed E-state index contributed by atoms with van der Waals surface area (Å²) < 4.78 is 0. The normalized spacial score (nSPS) is 21.3. The number of carbonyl (C=O) groups excluding carboxylic acids is 2. The van der Waals surface area contributed by atoms with E-state index in [0.29, 0.717) is 23.2 Å². The number of pyridine rings is 2. The smallest absolute Gasteiger partial charge is 0.253 e. The zero-order chi connectivity index (χ0) is 26.1. The molecule has 0 aromatic carbocycles. The number of nitrogens with zero attached hydrogens (tertiary/aromatic N) is 5. The van der Waals surface area contributed by atoms with Crippen LogP contribution in [-0.2, 0) is 4.79 Å². The van der Waals surface area contributed by atoms with Crippen molar-refractivity contribution < 1.29 is 9.59 Å². The summed E-state index contributed by atoms with van der Waals surface area (Å²) in [5.74, 6) is 1.41. The first-order valence-electron chi connectivity index (χ1n) is 13.6. The highest BCUT2D eigenvalue weighted by atomic mass is 16.2. The van der Waals surface area contributed by atoms with E-state index >= 15 is 0 Å². The summed E-state index contributed by atoms with van der Waals surface area (Å²) in [4.78, 5) is 41.5. The minimum absolute atomic E-state index is 0.0749. The van der Waals surface area contributed by atoms with Gasteiger partial charge < -0.3 is 25.3 Å². The summed E-state index contributed by atoms with van der Waals surface area (Å²) in [5.41, 5.74) is 3.34. The fraction of sp³-hybridized carbons (Fsp3) is 0.571. The van der Waals surface area contributed by atoms with Crippen LogP contribution in [0.4, 0.5) is 23.0 Å². The zero-order valence-electron chi connectivity index (χ0n) is 22.5. The molecule has 1 saturated carbocycles. The highest BCUT2D eigenvalue weighted by molar-refractivity contribution is 6.05. The van der Waals surface area contributed by atoms with E-state index in [9.17, 15) is 9.59 Å². The summed E-state index contributed by atoms with van der Waals surface area (Å²) >= 11 is 0. The van der Waals surface area contributed by atoms with Crippen molar-refractivity contribution in [3.8, 4) is 0 Å². The van der Waals surface area contributed by atoms with Crippen LogP contribution in [0.15, 0.2) is 24.5 Å². The first-order valence-corrected chi connectivity index (χ1v) is 13.6. The maximum Gasteiger partial charge on any atom is 0.253 e. The predicted molar refractivity (Wildman–Crippen MR) is 147 cm³/mol. The number of carbonyl (C=O) groups is 2. The molecule has 2 N–H and O–H groups in total. The van der Waals surface area contributed by atoms with E-state index in [1.807, 2.05) is 26.1 Å². The lowest BCUT2D eigenvalue weighted by Crippen LogP contribution is -2.55. The Morgan fingerprint density at radius 2 is 1.76 bits per heavy atom. The van der Waals surface area contributed by atoms with Gasteiger partial charge >= 0.3 is 0 Å². The topological polar surface area (TPSA) is 93.7 Å². The SMILES string of the molecule is CC[C@@H]1C(=O)N(C)c2cnc(Nc3ncc(C(=O)NC4CCN(C)CC4)cc3C)cc2N1C1CCCC1. The molecular formula is C28H39N7O2. The van der Waals surface area contributed by atoms with Gasteiger partial charge in [0.15, 0.2) is 0 Å². The fourth-order valence-electron chi connectivity index (χ4n) is 5.98. The molecule has 0 spiro atoms. The van der Waals surface area contributed by atoms with Crippen molar-refractivity contribution in [2.45, 2.75) is 76.9 Å². The third-order valence-electron chi connectivity index (χ3n) is 8.20. The van der Waals surface area contributed by atoms with E-state index in [0.717, 1.165) is 62.1 Å². The molecule has 2 fully saturated rings. The molecular weight excluding hydrogens is 466 g/mol. The fourth-order valence-corrected chi connectivity index (χ4v) is 5.98. The minimum atomic E-state index is -0.155. The predicted octanol–water partition coefficient (Wildman–Crippen LogP) is 3.86. The lowest BCUT2D eigenvalue weighted by molar-refractivity contribution is -0.120. The standard InChI is InChI=1S/C28H39N7O2/c1-5-22-28(37)34(4)24-17-29-25(15-23(24)35(22)21-8-6-7-9-21)32-26-18(2)14-19(16-30-26)27(36)31-20-10-12-33(3)13-11-20/h14-17,20-22H,5-13H2,1-4H3,(H,31,36)(H,29,30,32)/t22-/m1/s1. The number of nitrogens with one attached hydrogen (secondary N) is 2. The lowest BCUT2D eigenvalue weighted by Gasteiger charge is -2.44. The number of fused-ring (bicyclic) bond motifs is 1. The molecule has 2 aliphatic heterocycles. The summed E-state index contributed by atoms with van der Waals surface area (Å²) in [5, 5.41) is 6.51. The average molecular weight is 506 g/mol. The lowest BCUT2D eigenvalue weighted by atomic mass is 10.0. The van der Waals surface area contributed by atoms with Crippen molar-refractivity contribution in [1.82, 2.24) is 20.2 Å². The van der Waals surface area contributed by atoms with E-state index < -0.39 is 0 Å². The second-order valence-electron chi connectivity index (χ2n) is 10.8. The van der Waals surface area contributed by atoms with Gasteiger partial charge in [0, 0.05) is 31.4 Å². The molecule has 0 bridgehead atoms. The number of amides is 2. The van der Waals surface area contributed by atoms with Gasteiger partial charge in [-0.1, -0.05) is 19.8 Å². The van der Waals surface area contributed by atoms with Crippen LogP contribution >= 0.6 is 0 Å². The van der Waals surface area contributed by atoms with Crippen molar-refractivity contribution in [3.63, 3.8) is 0 Å². The zero-order valence-corrected chi connectivity index (χ0v) is 22.5. The molecule has 1 atom stereocenters. The van der Waals surface area contributed by atoms with E-state index in [1.54, 1.807) is 17.3 Å². The Hall–Kier alpha value is -3.20. The van der Waals surface area contributed by atoms with Crippen molar-refractivity contribution in [2.75, 3.05) is 42.3 Å². The first kappa shape index (κ1) is 25.4. The average Bonchev–Trinajstić information content (AvgIpc) is 3.43. The first-order chi connectivity index (χ1) is 17.9. The van der Waals surface area contributed by atoms with Crippen LogP contribution in [0.5, 0.6) is 0 Å². The van der Waals surface area contributed by atoms with Gasteiger partial charge in [0.2, 0.25) is 5.91 Å². The van der Waals surface area contributed by atoms with Crippen molar-refractivity contribution in [2.24, 2.45) is 0 Å². The molecule has 9 heteroatoms. The molecule has 1 aliphatic carbocycles. The molecule has 3 aliphatic rings. The largest absolute Gasteiger partial charge is 0.355 e. The van der Waals surface area contributed by atoms with Crippen LogP contribution in [0.25, 0.3) is 0 Å². The summed E-state index contributed by atoms with van der Waals surface area (Å²) in [7, 11) is 3.95.